The van der Waals surface area contributed by atoms with Crippen LogP contribution in [0.5, 0.6) is 0 Å². The summed E-state index contributed by atoms with van der Waals surface area (Å²) >= 11 is 0. The van der Waals surface area contributed by atoms with E-state index in [1.807, 2.05) is 6.08 Å². The van der Waals surface area contributed by atoms with E-state index in [1.54, 1.807) is 19.9 Å². The molecular weight excluding hydrogens is 178 g/mol. The Kier molecular flexibility index (Phi) is 6.17. The molecule has 0 aliphatic carbocycles. The Morgan fingerprint density at radius 1 is 1.29 bits per heavy atom. The zero-order valence-electron chi connectivity index (χ0n) is 9.45. The van der Waals surface area contributed by atoms with Gasteiger partial charge in [0, 0.05) is 18.8 Å². The number of nitro groups is 1. The van der Waals surface area contributed by atoms with Crippen molar-refractivity contribution in [2.24, 2.45) is 0 Å². The van der Waals surface area contributed by atoms with Crippen molar-refractivity contribution in [1.29, 1.82) is 0 Å². The summed E-state index contributed by atoms with van der Waals surface area (Å²) in [7, 11) is 0. The molecule has 0 saturated carbocycles. The van der Waals surface area contributed by atoms with Crippen molar-refractivity contribution >= 4 is 0 Å². The van der Waals surface area contributed by atoms with Gasteiger partial charge in [0.25, 0.3) is 0 Å². The van der Waals surface area contributed by atoms with Gasteiger partial charge in [-0.3, -0.25) is 10.1 Å². The highest BCUT2D eigenvalue weighted by atomic mass is 16.6. The van der Waals surface area contributed by atoms with Crippen LogP contribution < -0.4 is 0 Å². The van der Waals surface area contributed by atoms with Crippen LogP contribution >= 0.6 is 0 Å². The molecule has 0 spiro atoms. The normalized spacial score (nSPS) is 12.2. The van der Waals surface area contributed by atoms with Crippen molar-refractivity contribution in [2.45, 2.75) is 58.4 Å². The van der Waals surface area contributed by atoms with Gasteiger partial charge in [-0.15, -0.1) is 0 Å². The Bertz CT molecular complexity index is 197. The zero-order valence-corrected chi connectivity index (χ0v) is 9.45. The summed E-state index contributed by atoms with van der Waals surface area (Å²) < 4.78 is 0. The Morgan fingerprint density at radius 3 is 2.43 bits per heavy atom. The van der Waals surface area contributed by atoms with Crippen LogP contribution in [0.1, 0.15) is 52.9 Å². The van der Waals surface area contributed by atoms with Crippen LogP contribution in [0.4, 0.5) is 0 Å². The lowest BCUT2D eigenvalue weighted by molar-refractivity contribution is -0.545. The molecule has 0 unspecified atom stereocenters. The van der Waals surface area contributed by atoms with Gasteiger partial charge < -0.3 is 0 Å². The largest absolute Gasteiger partial charge is 0.264 e. The van der Waals surface area contributed by atoms with E-state index in [1.165, 1.54) is 19.3 Å². The van der Waals surface area contributed by atoms with Gasteiger partial charge in [0.1, 0.15) is 0 Å². The second-order valence-corrected chi connectivity index (χ2v) is 4.16. The fourth-order valence-electron chi connectivity index (χ4n) is 1.12. The van der Waals surface area contributed by atoms with Gasteiger partial charge in [-0.05, 0) is 18.9 Å². The third kappa shape index (κ3) is 5.73. The minimum Gasteiger partial charge on any atom is -0.264 e. The maximum absolute atomic E-state index is 10.5. The van der Waals surface area contributed by atoms with Gasteiger partial charge in [-0.1, -0.05) is 32.3 Å². The molecule has 0 aromatic rings. The molecule has 82 valence electrons. The van der Waals surface area contributed by atoms with Crippen LogP contribution in [-0.2, 0) is 0 Å². The highest BCUT2D eigenvalue weighted by molar-refractivity contribution is 4.95. The van der Waals surface area contributed by atoms with Crippen molar-refractivity contribution in [3.63, 3.8) is 0 Å². The second-order valence-electron chi connectivity index (χ2n) is 4.16. The third-order valence-corrected chi connectivity index (χ3v) is 2.22. The molecule has 0 heterocycles. The molecular formula is C11H21NO2. The molecule has 14 heavy (non-hydrogen) atoms. The van der Waals surface area contributed by atoms with Crippen LogP contribution in [0.3, 0.4) is 0 Å². The Balaban J connectivity index is 3.67. The maximum atomic E-state index is 10.5. The molecule has 0 fully saturated rings. The first kappa shape index (κ1) is 13.1. The van der Waals surface area contributed by atoms with Crippen LogP contribution in [0.2, 0.25) is 0 Å². The van der Waals surface area contributed by atoms with E-state index >= 15 is 0 Å². The van der Waals surface area contributed by atoms with Crippen molar-refractivity contribution in [3.05, 3.63) is 22.3 Å². The predicted molar refractivity (Wildman–Crippen MR) is 59.0 cm³/mol. The summed E-state index contributed by atoms with van der Waals surface area (Å²) in [5.41, 5.74) is -0.912. The average Bonchev–Trinajstić information content (AvgIpc) is 2.10. The smallest absolute Gasteiger partial charge is 0.234 e. The van der Waals surface area contributed by atoms with E-state index in [2.05, 4.69) is 6.92 Å². The quantitative estimate of drug-likeness (QED) is 0.272. The van der Waals surface area contributed by atoms with Crippen LogP contribution in [0, 0.1) is 10.1 Å². The lowest BCUT2D eigenvalue weighted by atomic mass is 10.0. The van der Waals surface area contributed by atoms with Crippen LogP contribution in [0.25, 0.3) is 0 Å². The molecule has 0 radical (unpaired) electrons. The number of hydrogen-bond acceptors (Lipinski definition) is 2. The van der Waals surface area contributed by atoms with E-state index in [-0.39, 0.29) is 4.92 Å². The molecule has 3 heteroatoms. The monoisotopic (exact) mass is 199 g/mol. The third-order valence-electron chi connectivity index (χ3n) is 2.22. The summed E-state index contributed by atoms with van der Waals surface area (Å²) in [5.74, 6) is 0. The van der Waals surface area contributed by atoms with Gasteiger partial charge in [-0.2, -0.15) is 0 Å². The fraction of sp³-hybridized carbons (Fsp3) is 0.818. The number of nitrogens with zero attached hydrogens (tertiary/aromatic N) is 1. The van der Waals surface area contributed by atoms with E-state index in [4.69, 9.17) is 0 Å². The van der Waals surface area contributed by atoms with Crippen LogP contribution in [0.15, 0.2) is 12.2 Å². The van der Waals surface area contributed by atoms with E-state index in [9.17, 15) is 10.1 Å². The van der Waals surface area contributed by atoms with Gasteiger partial charge in [-0.25, -0.2) is 0 Å². The summed E-state index contributed by atoms with van der Waals surface area (Å²) in [6.45, 7) is 5.41. The highest BCUT2D eigenvalue weighted by Gasteiger charge is 2.25. The first-order chi connectivity index (χ1) is 6.50. The molecule has 0 bridgehead atoms. The summed E-state index contributed by atoms with van der Waals surface area (Å²) in [6.07, 6.45) is 9.42. The van der Waals surface area contributed by atoms with Gasteiger partial charge >= 0.3 is 0 Å². The van der Waals surface area contributed by atoms with E-state index in [0.29, 0.717) is 0 Å². The molecule has 3 nitrogen and oxygen atoms in total. The highest BCUT2D eigenvalue weighted by Crippen LogP contribution is 2.11. The number of rotatable bonds is 7. The summed E-state index contributed by atoms with van der Waals surface area (Å²) in [6, 6.07) is 0. The summed E-state index contributed by atoms with van der Waals surface area (Å²) in [5, 5.41) is 10.5. The SMILES string of the molecule is CCCCCC/C=C/C(C)(C)[N+](=O)[O-]. The first-order valence-corrected chi connectivity index (χ1v) is 5.33. The standard InChI is InChI=1S/C11H21NO2/c1-4-5-6-7-8-9-10-11(2,3)12(13)14/h9-10H,4-8H2,1-3H3/b10-9+. The second kappa shape index (κ2) is 6.57. The van der Waals surface area contributed by atoms with E-state index < -0.39 is 5.54 Å². The minimum atomic E-state index is -0.912. The number of unbranched alkanes of at least 4 members (excludes halogenated alkanes) is 4. The molecule has 0 N–H and O–H groups in total. The van der Waals surface area contributed by atoms with Gasteiger partial charge in [0.2, 0.25) is 5.54 Å². The molecule has 0 atom stereocenters. The minimum absolute atomic E-state index is 0.254. The molecule has 0 aromatic heterocycles. The molecule has 0 saturated heterocycles. The molecule has 0 aliphatic rings. The topological polar surface area (TPSA) is 43.1 Å². The fourth-order valence-corrected chi connectivity index (χ4v) is 1.12. The molecule has 0 amide bonds. The molecule has 0 aliphatic heterocycles. The van der Waals surface area contributed by atoms with Crippen molar-refractivity contribution in [3.8, 4) is 0 Å². The van der Waals surface area contributed by atoms with E-state index in [0.717, 1.165) is 12.8 Å². The molecule has 0 aromatic carbocycles. The number of allylic oxidation sites excluding steroid dienone is 1. The van der Waals surface area contributed by atoms with Crippen LogP contribution in [-0.4, -0.2) is 10.5 Å². The average molecular weight is 199 g/mol. The van der Waals surface area contributed by atoms with Gasteiger partial charge in [0.15, 0.2) is 0 Å². The first-order valence-electron chi connectivity index (χ1n) is 5.33. The van der Waals surface area contributed by atoms with Gasteiger partial charge in [0.05, 0.1) is 0 Å². The maximum Gasteiger partial charge on any atom is 0.234 e. The van der Waals surface area contributed by atoms with Crippen molar-refractivity contribution in [2.75, 3.05) is 0 Å². The Hall–Kier alpha value is -0.860. The van der Waals surface area contributed by atoms with Crippen molar-refractivity contribution < 1.29 is 4.92 Å². The lowest BCUT2D eigenvalue weighted by Crippen LogP contribution is -2.27. The predicted octanol–water partition coefficient (Wildman–Crippen LogP) is 3.57. The summed E-state index contributed by atoms with van der Waals surface area (Å²) in [4.78, 5) is 10.3. The molecule has 0 rings (SSSR count). The lowest BCUT2D eigenvalue weighted by Gasteiger charge is -2.09. The zero-order chi connectivity index (χ0) is 11.0. The Morgan fingerprint density at radius 2 is 1.93 bits per heavy atom. The Labute approximate surface area is 86.4 Å². The van der Waals surface area contributed by atoms with Crippen molar-refractivity contribution in [1.82, 2.24) is 0 Å². The number of hydrogen-bond donors (Lipinski definition) is 0.